The van der Waals surface area contributed by atoms with E-state index in [4.69, 9.17) is 25.6 Å². The molecular weight excluding hydrogens is 459 g/mol. The van der Waals surface area contributed by atoms with Crippen LogP contribution in [0.5, 0.6) is 0 Å². The summed E-state index contributed by atoms with van der Waals surface area (Å²) >= 11 is 7.46. The van der Waals surface area contributed by atoms with Gasteiger partial charge in [0.1, 0.15) is 12.2 Å². The monoisotopic (exact) mass is 488 g/mol. The maximum atomic E-state index is 12.2. The summed E-state index contributed by atoms with van der Waals surface area (Å²) in [6.45, 7) is 10.3. The Morgan fingerprint density at radius 3 is 2.94 bits per heavy atom. The average Bonchev–Trinajstić information content (AvgIpc) is 3.14. The molecule has 0 spiro atoms. The van der Waals surface area contributed by atoms with Crippen LogP contribution in [0.25, 0.3) is 0 Å². The molecule has 0 bridgehead atoms. The van der Waals surface area contributed by atoms with Gasteiger partial charge >= 0.3 is 5.69 Å². The van der Waals surface area contributed by atoms with Crippen molar-refractivity contribution in [2.24, 2.45) is 5.92 Å². The smallest absolute Gasteiger partial charge is 0.330 e. The molecule has 1 aromatic rings. The van der Waals surface area contributed by atoms with Crippen molar-refractivity contribution in [2.75, 3.05) is 0 Å². The third-order valence-electron chi connectivity index (χ3n) is 6.53. The molecule has 1 saturated carbocycles. The molecule has 8 nitrogen and oxygen atoms in total. The lowest BCUT2D eigenvalue weighted by atomic mass is 9.77. The fourth-order valence-electron chi connectivity index (χ4n) is 4.62. The predicted molar refractivity (Wildman–Crippen MR) is 124 cm³/mol. The van der Waals surface area contributed by atoms with Gasteiger partial charge in [0.25, 0.3) is 5.56 Å². The molecule has 2 aliphatic heterocycles. The lowest BCUT2D eigenvalue weighted by Crippen LogP contribution is -2.39. The van der Waals surface area contributed by atoms with Gasteiger partial charge in [-0.3, -0.25) is 14.3 Å². The number of aliphatic hydroxyl groups excluding tert-OH is 1. The van der Waals surface area contributed by atoms with Gasteiger partial charge in [0, 0.05) is 17.0 Å². The molecule has 2 N–H and O–H groups in total. The van der Waals surface area contributed by atoms with Gasteiger partial charge in [-0.25, -0.2) is 4.79 Å². The summed E-state index contributed by atoms with van der Waals surface area (Å²) in [5, 5.41) is 11.0. The first-order valence-corrected chi connectivity index (χ1v) is 14.6. The Hall–Kier alpha value is -0.740. The Kier molecular flexibility index (Phi) is 6.46. The molecule has 31 heavy (non-hydrogen) atoms. The molecule has 0 unspecified atom stereocenters. The second kappa shape index (κ2) is 8.56. The van der Waals surface area contributed by atoms with E-state index in [2.05, 4.69) is 25.4 Å². The number of aromatic amines is 1. The summed E-state index contributed by atoms with van der Waals surface area (Å²) in [7, 11) is 0. The standard InChI is InChI=1S/C20H29N2O6PS2/c1-5-13-17(16(24)18(26-13)22-9-7-15(23)21-19(22)25)28-29(30)27-14-10-12(11(2)3)6-8-20(14,4)31-29/h7,9,12-14,16-18,24H,2,5-6,8,10H2,1,3-4H3,(H,21,23,25)/t12-,13+,14+,16+,17+,18+,20+,29-/m0/s1. The quantitative estimate of drug-likeness (QED) is 0.482. The molecule has 3 aliphatic rings. The average molecular weight is 489 g/mol. The first-order chi connectivity index (χ1) is 14.5. The van der Waals surface area contributed by atoms with Crippen LogP contribution in [0.2, 0.25) is 0 Å². The van der Waals surface area contributed by atoms with Crippen molar-refractivity contribution in [2.45, 2.75) is 81.8 Å². The number of fused-ring (bicyclic) bond motifs is 1. The Bertz CT molecular complexity index is 1030. The Labute approximate surface area is 190 Å². The number of ether oxygens (including phenoxy) is 1. The molecule has 2 saturated heterocycles. The van der Waals surface area contributed by atoms with E-state index in [0.717, 1.165) is 24.8 Å². The molecular formula is C20H29N2O6PS2. The number of hydrogen-bond acceptors (Lipinski definition) is 8. The number of H-pyrrole nitrogens is 1. The van der Waals surface area contributed by atoms with E-state index in [0.29, 0.717) is 12.3 Å². The number of rotatable bonds is 5. The molecule has 1 aromatic heterocycles. The second-order valence-electron chi connectivity index (χ2n) is 8.81. The first-order valence-electron chi connectivity index (χ1n) is 10.5. The Balaban J connectivity index is 1.54. The van der Waals surface area contributed by atoms with Crippen LogP contribution in [0.15, 0.2) is 34.0 Å². The summed E-state index contributed by atoms with van der Waals surface area (Å²) in [6, 6.07) is 1.22. The molecule has 8 atom stereocenters. The fraction of sp³-hybridized carbons (Fsp3) is 0.700. The summed E-state index contributed by atoms with van der Waals surface area (Å²) in [4.78, 5) is 25.8. The number of allylic oxidation sites excluding steroid dienone is 1. The molecule has 0 amide bonds. The zero-order chi connectivity index (χ0) is 22.6. The Morgan fingerprint density at radius 2 is 2.29 bits per heavy atom. The van der Waals surface area contributed by atoms with Crippen LogP contribution in [0, 0.1) is 5.92 Å². The number of nitrogens with one attached hydrogen (secondary N) is 1. The number of nitrogens with zero attached hydrogens (tertiary/aromatic N) is 1. The lowest BCUT2D eigenvalue weighted by molar-refractivity contribution is -0.0404. The topological polar surface area (TPSA) is 103 Å². The molecule has 172 valence electrons. The van der Waals surface area contributed by atoms with Gasteiger partial charge in [0.05, 0.1) is 12.2 Å². The van der Waals surface area contributed by atoms with Crippen molar-refractivity contribution in [1.29, 1.82) is 0 Å². The fourth-order valence-corrected chi connectivity index (χ4v) is 12.2. The van der Waals surface area contributed by atoms with Gasteiger partial charge in [-0.1, -0.05) is 30.5 Å². The van der Waals surface area contributed by atoms with Gasteiger partial charge in [-0.15, -0.1) is 0 Å². The van der Waals surface area contributed by atoms with E-state index in [9.17, 15) is 14.7 Å². The molecule has 0 radical (unpaired) electrons. The van der Waals surface area contributed by atoms with E-state index in [1.54, 1.807) is 11.4 Å². The molecule has 0 aromatic carbocycles. The number of hydrogen-bond donors (Lipinski definition) is 2. The van der Waals surface area contributed by atoms with Gasteiger partial charge in [0.15, 0.2) is 6.23 Å². The Morgan fingerprint density at radius 1 is 1.55 bits per heavy atom. The van der Waals surface area contributed by atoms with Gasteiger partial charge < -0.3 is 18.9 Å². The van der Waals surface area contributed by atoms with Crippen molar-refractivity contribution in [3.8, 4) is 0 Å². The molecule has 11 heteroatoms. The SMILES string of the molecule is C=C(C)[C@H]1CC[C@@]2(C)S[P@](=S)(O[C@H]3[C@@H](O)[C@H](n4ccc(=O)[nH]c4=O)O[C@@H]3CC)O[C@@H]2C1. The largest absolute Gasteiger partial charge is 0.386 e. The van der Waals surface area contributed by atoms with E-state index < -0.39 is 41.5 Å². The van der Waals surface area contributed by atoms with Crippen LogP contribution in [0.1, 0.15) is 52.7 Å². The normalized spacial score (nSPS) is 42.5. The summed E-state index contributed by atoms with van der Waals surface area (Å²) in [5.41, 5.74) is -2.73. The predicted octanol–water partition coefficient (Wildman–Crippen LogP) is 3.08. The van der Waals surface area contributed by atoms with Crippen LogP contribution in [-0.2, 0) is 25.6 Å². The van der Waals surface area contributed by atoms with Crippen molar-refractivity contribution in [3.63, 3.8) is 0 Å². The zero-order valence-electron chi connectivity index (χ0n) is 17.9. The van der Waals surface area contributed by atoms with Crippen molar-refractivity contribution in [3.05, 3.63) is 45.3 Å². The third kappa shape index (κ3) is 4.40. The van der Waals surface area contributed by atoms with Crippen LogP contribution in [0.4, 0.5) is 0 Å². The second-order valence-corrected chi connectivity index (χ2v) is 15.4. The van der Waals surface area contributed by atoms with Gasteiger partial charge in [0.2, 0.25) is 5.69 Å². The zero-order valence-corrected chi connectivity index (χ0v) is 20.4. The van der Waals surface area contributed by atoms with Crippen LogP contribution >= 0.6 is 17.1 Å². The highest BCUT2D eigenvalue weighted by molar-refractivity contribution is 8.68. The highest BCUT2D eigenvalue weighted by Crippen LogP contribution is 2.76. The highest BCUT2D eigenvalue weighted by atomic mass is 32.9. The van der Waals surface area contributed by atoms with E-state index >= 15 is 0 Å². The third-order valence-corrected chi connectivity index (χ3v) is 12.3. The number of aliphatic hydroxyl groups is 1. The van der Waals surface area contributed by atoms with E-state index in [1.807, 2.05) is 6.92 Å². The minimum Gasteiger partial charge on any atom is -0.386 e. The maximum absolute atomic E-state index is 12.2. The summed E-state index contributed by atoms with van der Waals surface area (Å²) in [5.74, 6) is 0.417. The lowest BCUT2D eigenvalue weighted by Gasteiger charge is -2.37. The minimum atomic E-state index is -2.74. The maximum Gasteiger partial charge on any atom is 0.330 e. The molecule has 3 heterocycles. The minimum absolute atomic E-state index is 0.0176. The molecule has 4 rings (SSSR count). The van der Waals surface area contributed by atoms with Crippen molar-refractivity contribution in [1.82, 2.24) is 9.55 Å². The first kappa shape index (κ1) is 23.4. The van der Waals surface area contributed by atoms with Crippen LogP contribution < -0.4 is 11.2 Å². The van der Waals surface area contributed by atoms with E-state index in [1.165, 1.54) is 16.8 Å². The highest BCUT2D eigenvalue weighted by Gasteiger charge is 2.56. The van der Waals surface area contributed by atoms with Crippen LogP contribution in [0.3, 0.4) is 0 Å². The summed E-state index contributed by atoms with van der Waals surface area (Å²) < 4.78 is 19.7. The van der Waals surface area contributed by atoms with Gasteiger partial charge in [-0.2, -0.15) is 0 Å². The van der Waals surface area contributed by atoms with Crippen LogP contribution in [-0.4, -0.2) is 43.8 Å². The van der Waals surface area contributed by atoms with Crippen molar-refractivity contribution >= 4 is 28.9 Å². The van der Waals surface area contributed by atoms with Crippen molar-refractivity contribution < 1.29 is 18.9 Å². The van der Waals surface area contributed by atoms with E-state index in [-0.39, 0.29) is 10.9 Å². The summed E-state index contributed by atoms with van der Waals surface area (Å²) in [6.07, 6.45) is 1.47. The molecule has 3 fully saturated rings. The number of aromatic nitrogens is 2. The van der Waals surface area contributed by atoms with Gasteiger partial charge in [-0.05, 0) is 57.3 Å². The molecule has 1 aliphatic carbocycles.